The number of piperidine rings is 1. The van der Waals surface area contributed by atoms with Crippen LogP contribution >= 0.6 is 0 Å². The number of rotatable bonds is 3. The van der Waals surface area contributed by atoms with Gasteiger partial charge in [-0.05, 0) is 44.6 Å². The van der Waals surface area contributed by atoms with Crippen LogP contribution in [-0.4, -0.2) is 31.1 Å². The van der Waals surface area contributed by atoms with Crippen LogP contribution in [0.15, 0.2) is 18.2 Å². The molecular formula is C14H17FN2O. The molecule has 1 saturated heterocycles. The molecule has 4 heteroatoms. The first-order valence-electron chi connectivity index (χ1n) is 6.23. The van der Waals surface area contributed by atoms with Crippen molar-refractivity contribution in [3.63, 3.8) is 0 Å². The van der Waals surface area contributed by atoms with Gasteiger partial charge in [-0.15, -0.1) is 0 Å². The molecule has 1 aliphatic heterocycles. The Labute approximate surface area is 107 Å². The van der Waals surface area contributed by atoms with Crippen LogP contribution < -0.4 is 4.74 Å². The summed E-state index contributed by atoms with van der Waals surface area (Å²) in [5, 5.41) is 8.66. The van der Waals surface area contributed by atoms with Gasteiger partial charge in [0.1, 0.15) is 6.61 Å². The van der Waals surface area contributed by atoms with Crippen LogP contribution in [0, 0.1) is 17.1 Å². The Kier molecular flexibility index (Phi) is 4.16. The Morgan fingerprint density at radius 2 is 2.33 bits per heavy atom. The van der Waals surface area contributed by atoms with Crippen molar-refractivity contribution in [2.24, 2.45) is 0 Å². The van der Waals surface area contributed by atoms with E-state index in [1.54, 1.807) is 6.07 Å². The summed E-state index contributed by atoms with van der Waals surface area (Å²) in [6.07, 6.45) is 3.51. The van der Waals surface area contributed by atoms with E-state index in [0.29, 0.717) is 18.2 Å². The lowest BCUT2D eigenvalue weighted by Crippen LogP contribution is -2.40. The van der Waals surface area contributed by atoms with Gasteiger partial charge < -0.3 is 9.64 Å². The van der Waals surface area contributed by atoms with E-state index in [2.05, 4.69) is 11.9 Å². The van der Waals surface area contributed by atoms with Gasteiger partial charge in [0.05, 0.1) is 11.6 Å². The molecule has 1 heterocycles. The minimum absolute atomic E-state index is 0.230. The highest BCUT2D eigenvalue weighted by molar-refractivity contribution is 5.35. The molecule has 1 atom stereocenters. The van der Waals surface area contributed by atoms with Crippen molar-refractivity contribution in [1.82, 2.24) is 4.90 Å². The first kappa shape index (κ1) is 12.8. The third-order valence-electron chi connectivity index (χ3n) is 3.41. The maximum absolute atomic E-state index is 13.6. The number of hydrogen-bond acceptors (Lipinski definition) is 3. The molecule has 2 rings (SSSR count). The van der Waals surface area contributed by atoms with Crippen molar-refractivity contribution in [3.8, 4) is 11.8 Å². The zero-order chi connectivity index (χ0) is 13.0. The second-order valence-corrected chi connectivity index (χ2v) is 4.70. The molecule has 96 valence electrons. The number of ether oxygens (including phenoxy) is 1. The maximum Gasteiger partial charge on any atom is 0.166 e. The van der Waals surface area contributed by atoms with Crippen LogP contribution in [0.1, 0.15) is 24.8 Å². The topological polar surface area (TPSA) is 36.3 Å². The lowest BCUT2D eigenvalue weighted by atomic mass is 10.0. The fourth-order valence-electron chi connectivity index (χ4n) is 2.23. The van der Waals surface area contributed by atoms with Crippen LogP contribution in [0.4, 0.5) is 4.39 Å². The van der Waals surface area contributed by atoms with Crippen molar-refractivity contribution in [1.29, 1.82) is 5.26 Å². The van der Waals surface area contributed by atoms with E-state index in [9.17, 15) is 4.39 Å². The Morgan fingerprint density at radius 1 is 1.50 bits per heavy atom. The number of likely N-dealkylation sites (N-methyl/N-ethyl adjacent to an activating group) is 1. The minimum atomic E-state index is -0.465. The second-order valence-electron chi connectivity index (χ2n) is 4.70. The average Bonchev–Trinajstić information content (AvgIpc) is 2.39. The lowest BCUT2D eigenvalue weighted by molar-refractivity contribution is 0.123. The van der Waals surface area contributed by atoms with Crippen LogP contribution in [0.3, 0.4) is 0 Å². The fourth-order valence-corrected chi connectivity index (χ4v) is 2.23. The summed E-state index contributed by atoms with van der Waals surface area (Å²) < 4.78 is 19.1. The number of halogens is 1. The van der Waals surface area contributed by atoms with Crippen LogP contribution in [0.5, 0.6) is 5.75 Å². The molecule has 1 aliphatic rings. The second kappa shape index (κ2) is 5.83. The van der Waals surface area contributed by atoms with Gasteiger partial charge in [-0.2, -0.15) is 5.26 Å². The molecule has 0 aliphatic carbocycles. The number of nitriles is 1. The predicted molar refractivity (Wildman–Crippen MR) is 66.9 cm³/mol. The van der Waals surface area contributed by atoms with Crippen molar-refractivity contribution in [3.05, 3.63) is 29.6 Å². The third-order valence-corrected chi connectivity index (χ3v) is 3.41. The number of likely N-dealkylation sites (tertiary alicyclic amines) is 1. The molecule has 0 amide bonds. The normalized spacial score (nSPS) is 20.4. The van der Waals surface area contributed by atoms with Gasteiger partial charge in [-0.25, -0.2) is 4.39 Å². The predicted octanol–water partition coefficient (Wildman–Crippen LogP) is 2.56. The molecule has 3 nitrogen and oxygen atoms in total. The molecule has 1 unspecified atom stereocenters. The number of benzene rings is 1. The molecule has 1 fully saturated rings. The monoisotopic (exact) mass is 248 g/mol. The van der Waals surface area contributed by atoms with E-state index in [1.165, 1.54) is 25.0 Å². The minimum Gasteiger partial charge on any atom is -0.489 e. The first-order valence-corrected chi connectivity index (χ1v) is 6.23. The quantitative estimate of drug-likeness (QED) is 0.824. The van der Waals surface area contributed by atoms with Gasteiger partial charge in [0, 0.05) is 6.04 Å². The SMILES string of the molecule is CN1CCCCC1COc1ccc(C#N)cc1F. The smallest absolute Gasteiger partial charge is 0.166 e. The fraction of sp³-hybridized carbons (Fsp3) is 0.500. The summed E-state index contributed by atoms with van der Waals surface area (Å²) in [5.74, 6) is -0.236. The largest absolute Gasteiger partial charge is 0.489 e. The van der Waals surface area contributed by atoms with E-state index in [0.717, 1.165) is 13.0 Å². The summed E-state index contributed by atoms with van der Waals surface area (Å²) in [4.78, 5) is 2.26. The molecule has 1 aromatic carbocycles. The Bertz CT molecular complexity index is 456. The van der Waals surface area contributed by atoms with Gasteiger partial charge in [-0.3, -0.25) is 0 Å². The molecule has 0 saturated carbocycles. The van der Waals surface area contributed by atoms with Crippen molar-refractivity contribution < 1.29 is 9.13 Å². The first-order chi connectivity index (χ1) is 8.70. The highest BCUT2D eigenvalue weighted by Gasteiger charge is 2.19. The number of hydrogen-bond donors (Lipinski definition) is 0. The molecule has 0 spiro atoms. The van der Waals surface area contributed by atoms with Gasteiger partial charge in [-0.1, -0.05) is 6.42 Å². The zero-order valence-electron chi connectivity index (χ0n) is 10.5. The lowest BCUT2D eigenvalue weighted by Gasteiger charge is -2.32. The van der Waals surface area contributed by atoms with E-state index in [-0.39, 0.29) is 5.75 Å². The van der Waals surface area contributed by atoms with E-state index in [1.807, 2.05) is 6.07 Å². The zero-order valence-corrected chi connectivity index (χ0v) is 10.5. The molecule has 0 radical (unpaired) electrons. The Morgan fingerprint density at radius 3 is 3.00 bits per heavy atom. The standard InChI is InChI=1S/C14H17FN2O/c1-17-7-3-2-4-12(17)10-18-14-6-5-11(9-16)8-13(14)15/h5-6,8,12H,2-4,7,10H2,1H3. The summed E-state index contributed by atoms with van der Waals surface area (Å²) in [5.41, 5.74) is 0.314. The summed E-state index contributed by atoms with van der Waals surface area (Å²) in [7, 11) is 2.07. The molecular weight excluding hydrogens is 231 g/mol. The van der Waals surface area contributed by atoms with Crippen LogP contribution in [0.25, 0.3) is 0 Å². The highest BCUT2D eigenvalue weighted by atomic mass is 19.1. The van der Waals surface area contributed by atoms with Gasteiger partial charge in [0.25, 0.3) is 0 Å². The van der Waals surface area contributed by atoms with Crippen molar-refractivity contribution in [2.75, 3.05) is 20.2 Å². The highest BCUT2D eigenvalue weighted by Crippen LogP contribution is 2.20. The van der Waals surface area contributed by atoms with Crippen molar-refractivity contribution >= 4 is 0 Å². The maximum atomic E-state index is 13.6. The van der Waals surface area contributed by atoms with Crippen LogP contribution in [0.2, 0.25) is 0 Å². The Hall–Kier alpha value is -1.60. The third kappa shape index (κ3) is 2.99. The molecule has 0 bridgehead atoms. The average molecular weight is 248 g/mol. The van der Waals surface area contributed by atoms with Gasteiger partial charge in [0.15, 0.2) is 11.6 Å². The summed E-state index contributed by atoms with van der Waals surface area (Å²) in [6.45, 7) is 1.57. The summed E-state index contributed by atoms with van der Waals surface area (Å²) >= 11 is 0. The molecule has 1 aromatic rings. The van der Waals surface area contributed by atoms with E-state index >= 15 is 0 Å². The Balaban J connectivity index is 1.95. The van der Waals surface area contributed by atoms with Crippen molar-refractivity contribution in [2.45, 2.75) is 25.3 Å². The molecule has 0 N–H and O–H groups in total. The van der Waals surface area contributed by atoms with Crippen LogP contribution in [-0.2, 0) is 0 Å². The summed E-state index contributed by atoms with van der Waals surface area (Å²) in [6, 6.07) is 6.56. The van der Waals surface area contributed by atoms with E-state index in [4.69, 9.17) is 10.00 Å². The molecule has 18 heavy (non-hydrogen) atoms. The molecule has 0 aromatic heterocycles. The van der Waals surface area contributed by atoms with E-state index < -0.39 is 5.82 Å². The van der Waals surface area contributed by atoms with Gasteiger partial charge in [0.2, 0.25) is 0 Å². The number of nitrogens with zero attached hydrogens (tertiary/aromatic N) is 2. The van der Waals surface area contributed by atoms with Gasteiger partial charge >= 0.3 is 0 Å².